The molecular formula is C11H18N2O4. The Balaban J connectivity index is 2.15. The van der Waals surface area contributed by atoms with E-state index >= 15 is 0 Å². The molecule has 0 aromatic rings. The molecule has 6 heteroatoms. The highest BCUT2D eigenvalue weighted by Gasteiger charge is 2.31. The minimum Gasteiger partial charge on any atom is -0.455 e. The largest absolute Gasteiger partial charge is 0.455 e. The van der Waals surface area contributed by atoms with Crippen molar-refractivity contribution in [3.8, 4) is 0 Å². The highest BCUT2D eigenvalue weighted by atomic mass is 16.5. The van der Waals surface area contributed by atoms with E-state index in [2.05, 4.69) is 10.6 Å². The SMILES string of the molecule is CC[C@@H](C)NC(=O)NC(=O)COC(=O)C1CC1. The summed E-state index contributed by atoms with van der Waals surface area (Å²) >= 11 is 0. The Hall–Kier alpha value is -1.59. The summed E-state index contributed by atoms with van der Waals surface area (Å²) in [5, 5.41) is 4.67. The number of amides is 3. The second-order valence-corrected chi connectivity index (χ2v) is 4.21. The van der Waals surface area contributed by atoms with Crippen LogP contribution in [-0.4, -0.2) is 30.6 Å². The smallest absolute Gasteiger partial charge is 0.321 e. The first-order valence-corrected chi connectivity index (χ1v) is 5.80. The van der Waals surface area contributed by atoms with Crippen LogP contribution in [0.25, 0.3) is 0 Å². The molecule has 0 radical (unpaired) electrons. The van der Waals surface area contributed by atoms with Gasteiger partial charge in [-0.3, -0.25) is 14.9 Å². The van der Waals surface area contributed by atoms with Crippen molar-refractivity contribution >= 4 is 17.9 Å². The third-order valence-electron chi connectivity index (χ3n) is 2.50. The maximum atomic E-state index is 11.2. The van der Waals surface area contributed by atoms with Crippen molar-refractivity contribution in [2.24, 2.45) is 5.92 Å². The Morgan fingerprint density at radius 1 is 1.35 bits per heavy atom. The average molecular weight is 242 g/mol. The summed E-state index contributed by atoms with van der Waals surface area (Å²) in [6, 6.07) is -0.566. The van der Waals surface area contributed by atoms with Gasteiger partial charge < -0.3 is 10.1 Å². The highest BCUT2D eigenvalue weighted by molar-refractivity contribution is 5.95. The quantitative estimate of drug-likeness (QED) is 0.690. The van der Waals surface area contributed by atoms with Gasteiger partial charge in [-0.2, -0.15) is 0 Å². The number of hydrogen-bond acceptors (Lipinski definition) is 4. The molecule has 1 aliphatic carbocycles. The third kappa shape index (κ3) is 5.33. The van der Waals surface area contributed by atoms with Crippen LogP contribution in [0.15, 0.2) is 0 Å². The number of urea groups is 1. The molecule has 1 rings (SSSR count). The van der Waals surface area contributed by atoms with E-state index in [1.165, 1.54) is 0 Å². The van der Waals surface area contributed by atoms with Gasteiger partial charge in [0.1, 0.15) is 0 Å². The van der Waals surface area contributed by atoms with Gasteiger partial charge in [-0.15, -0.1) is 0 Å². The molecule has 0 spiro atoms. The van der Waals surface area contributed by atoms with E-state index in [1.807, 2.05) is 13.8 Å². The molecule has 3 amide bonds. The topological polar surface area (TPSA) is 84.5 Å². The normalized spacial score (nSPS) is 15.9. The lowest BCUT2D eigenvalue weighted by Crippen LogP contribution is -2.44. The van der Waals surface area contributed by atoms with Gasteiger partial charge in [0.2, 0.25) is 0 Å². The second-order valence-electron chi connectivity index (χ2n) is 4.21. The van der Waals surface area contributed by atoms with Crippen molar-refractivity contribution in [3.05, 3.63) is 0 Å². The molecular weight excluding hydrogens is 224 g/mol. The van der Waals surface area contributed by atoms with Crippen molar-refractivity contribution in [1.29, 1.82) is 0 Å². The van der Waals surface area contributed by atoms with Crippen molar-refractivity contribution in [3.63, 3.8) is 0 Å². The summed E-state index contributed by atoms with van der Waals surface area (Å²) in [6.07, 6.45) is 2.43. The summed E-state index contributed by atoms with van der Waals surface area (Å²) in [6.45, 7) is 3.35. The first kappa shape index (κ1) is 13.5. The fraction of sp³-hybridized carbons (Fsp3) is 0.727. The van der Waals surface area contributed by atoms with Crippen molar-refractivity contribution in [2.75, 3.05) is 6.61 Å². The number of imide groups is 1. The van der Waals surface area contributed by atoms with Crippen LogP contribution < -0.4 is 10.6 Å². The van der Waals surface area contributed by atoms with Gasteiger partial charge in [0.05, 0.1) is 5.92 Å². The van der Waals surface area contributed by atoms with Crippen molar-refractivity contribution < 1.29 is 19.1 Å². The van der Waals surface area contributed by atoms with Gasteiger partial charge in [0.25, 0.3) is 5.91 Å². The minimum atomic E-state index is -0.611. The molecule has 0 saturated heterocycles. The molecule has 6 nitrogen and oxygen atoms in total. The van der Waals surface area contributed by atoms with E-state index < -0.39 is 18.5 Å². The van der Waals surface area contributed by atoms with E-state index in [0.717, 1.165) is 19.3 Å². The zero-order valence-corrected chi connectivity index (χ0v) is 10.1. The molecule has 0 bridgehead atoms. The molecule has 1 saturated carbocycles. The van der Waals surface area contributed by atoms with E-state index in [-0.39, 0.29) is 17.9 Å². The predicted molar refractivity (Wildman–Crippen MR) is 60.1 cm³/mol. The molecule has 0 aliphatic heterocycles. The Bertz CT molecular complexity index is 313. The van der Waals surface area contributed by atoms with Crippen LogP contribution in [0.3, 0.4) is 0 Å². The molecule has 0 aromatic heterocycles. The number of hydrogen-bond donors (Lipinski definition) is 2. The molecule has 2 N–H and O–H groups in total. The molecule has 1 fully saturated rings. The summed E-state index contributed by atoms with van der Waals surface area (Å²) in [4.78, 5) is 33.6. The Kier molecular flexibility index (Phi) is 4.93. The number of rotatable bonds is 5. The Morgan fingerprint density at radius 2 is 2.00 bits per heavy atom. The van der Waals surface area contributed by atoms with Crippen LogP contribution >= 0.6 is 0 Å². The fourth-order valence-electron chi connectivity index (χ4n) is 1.10. The minimum absolute atomic E-state index is 0.00295. The van der Waals surface area contributed by atoms with Crippen LogP contribution in [0.4, 0.5) is 4.79 Å². The van der Waals surface area contributed by atoms with Gasteiger partial charge in [-0.1, -0.05) is 6.92 Å². The number of esters is 1. The molecule has 1 atom stereocenters. The van der Waals surface area contributed by atoms with Gasteiger partial charge in [-0.05, 0) is 26.2 Å². The first-order valence-electron chi connectivity index (χ1n) is 5.80. The van der Waals surface area contributed by atoms with Gasteiger partial charge >= 0.3 is 12.0 Å². The van der Waals surface area contributed by atoms with E-state index in [0.29, 0.717) is 0 Å². The monoisotopic (exact) mass is 242 g/mol. The van der Waals surface area contributed by atoms with Crippen molar-refractivity contribution in [1.82, 2.24) is 10.6 Å². The lowest BCUT2D eigenvalue weighted by molar-refractivity contribution is -0.149. The van der Waals surface area contributed by atoms with Crippen LogP contribution in [0.2, 0.25) is 0 Å². The van der Waals surface area contributed by atoms with E-state index in [1.54, 1.807) is 0 Å². The summed E-state index contributed by atoms with van der Waals surface area (Å²) < 4.78 is 4.73. The Labute approximate surface area is 100 Å². The maximum Gasteiger partial charge on any atom is 0.321 e. The first-order chi connectivity index (χ1) is 8.02. The molecule has 0 aromatic carbocycles. The zero-order valence-electron chi connectivity index (χ0n) is 10.1. The Morgan fingerprint density at radius 3 is 2.53 bits per heavy atom. The summed E-state index contributed by atoms with van der Waals surface area (Å²) in [5.74, 6) is -1.01. The standard InChI is InChI=1S/C11H18N2O4/c1-3-7(2)12-11(16)13-9(14)6-17-10(15)8-4-5-8/h7-8H,3-6H2,1-2H3,(H2,12,13,14,16)/t7-/m1/s1. The number of carbonyl (C=O) groups is 3. The maximum absolute atomic E-state index is 11.2. The van der Waals surface area contributed by atoms with Gasteiger partial charge in [0.15, 0.2) is 6.61 Å². The van der Waals surface area contributed by atoms with Crippen LogP contribution in [0.1, 0.15) is 33.1 Å². The van der Waals surface area contributed by atoms with Crippen LogP contribution in [-0.2, 0) is 14.3 Å². The lowest BCUT2D eigenvalue weighted by Gasteiger charge is -2.11. The molecule has 96 valence electrons. The molecule has 1 aliphatic rings. The van der Waals surface area contributed by atoms with Gasteiger partial charge in [0, 0.05) is 6.04 Å². The average Bonchev–Trinajstić information content (AvgIpc) is 3.09. The van der Waals surface area contributed by atoms with Crippen molar-refractivity contribution in [2.45, 2.75) is 39.2 Å². The predicted octanol–water partition coefficient (Wildman–Crippen LogP) is 0.564. The van der Waals surface area contributed by atoms with Crippen LogP contribution in [0, 0.1) is 5.92 Å². The summed E-state index contributed by atoms with van der Waals surface area (Å²) in [5.41, 5.74) is 0. The summed E-state index contributed by atoms with van der Waals surface area (Å²) in [7, 11) is 0. The zero-order chi connectivity index (χ0) is 12.8. The number of ether oxygens (including phenoxy) is 1. The number of carbonyl (C=O) groups excluding carboxylic acids is 3. The molecule has 17 heavy (non-hydrogen) atoms. The second kappa shape index (κ2) is 6.22. The number of nitrogens with one attached hydrogen (secondary N) is 2. The van der Waals surface area contributed by atoms with E-state index in [4.69, 9.17) is 4.74 Å². The molecule has 0 heterocycles. The fourth-order valence-corrected chi connectivity index (χ4v) is 1.10. The highest BCUT2D eigenvalue weighted by Crippen LogP contribution is 2.29. The lowest BCUT2D eigenvalue weighted by atomic mass is 10.3. The van der Waals surface area contributed by atoms with Gasteiger partial charge in [-0.25, -0.2) is 4.79 Å². The van der Waals surface area contributed by atoms with E-state index in [9.17, 15) is 14.4 Å². The molecule has 0 unspecified atom stereocenters. The van der Waals surface area contributed by atoms with Crippen LogP contribution in [0.5, 0.6) is 0 Å². The third-order valence-corrected chi connectivity index (χ3v) is 2.50.